The summed E-state index contributed by atoms with van der Waals surface area (Å²) in [6.07, 6.45) is 3.72. The van der Waals surface area contributed by atoms with Crippen molar-refractivity contribution < 1.29 is 19.1 Å². The van der Waals surface area contributed by atoms with Crippen molar-refractivity contribution in [2.45, 2.75) is 33.1 Å². The lowest BCUT2D eigenvalue weighted by Gasteiger charge is -2.29. The van der Waals surface area contributed by atoms with E-state index in [9.17, 15) is 14.4 Å². The van der Waals surface area contributed by atoms with Gasteiger partial charge in [-0.1, -0.05) is 42.8 Å². The van der Waals surface area contributed by atoms with Crippen molar-refractivity contribution >= 4 is 46.1 Å². The van der Waals surface area contributed by atoms with E-state index in [1.165, 1.54) is 19.3 Å². The van der Waals surface area contributed by atoms with Crippen LogP contribution in [-0.4, -0.2) is 55.5 Å². The summed E-state index contributed by atoms with van der Waals surface area (Å²) < 4.78 is 5.12. The van der Waals surface area contributed by atoms with E-state index in [0.717, 1.165) is 36.6 Å². The first-order valence-corrected chi connectivity index (χ1v) is 14.2. The van der Waals surface area contributed by atoms with E-state index in [-0.39, 0.29) is 18.4 Å². The molecule has 0 aliphatic carbocycles. The van der Waals surface area contributed by atoms with Gasteiger partial charge in [0.15, 0.2) is 0 Å². The Hall–Kier alpha value is -4.43. The molecule has 1 saturated heterocycles. The number of esters is 1. The van der Waals surface area contributed by atoms with Crippen molar-refractivity contribution in [3.8, 4) is 0 Å². The van der Waals surface area contributed by atoms with Gasteiger partial charge >= 0.3 is 5.97 Å². The number of nitrogens with zero attached hydrogens (tertiary/aromatic N) is 2. The van der Waals surface area contributed by atoms with Gasteiger partial charge in [-0.25, -0.2) is 4.79 Å². The average molecular weight is 553 g/mol. The Balaban J connectivity index is 1.43. The lowest BCUT2D eigenvalue weighted by molar-refractivity contribution is -0.116. The highest BCUT2D eigenvalue weighted by atomic mass is 16.5. The summed E-state index contributed by atoms with van der Waals surface area (Å²) in [5.74, 6) is -0.681. The van der Waals surface area contributed by atoms with Crippen LogP contribution < -0.4 is 15.5 Å². The average Bonchev–Trinajstić information content (AvgIpc) is 3.32. The van der Waals surface area contributed by atoms with Gasteiger partial charge in [0.1, 0.15) is 0 Å². The molecule has 0 radical (unpaired) electrons. The highest BCUT2D eigenvalue weighted by Crippen LogP contribution is 2.38. The van der Waals surface area contributed by atoms with Crippen molar-refractivity contribution in [2.75, 3.05) is 48.3 Å². The Morgan fingerprint density at radius 3 is 2.37 bits per heavy atom. The fraction of sp³-hybridized carbons (Fsp3) is 0.303. The third kappa shape index (κ3) is 6.49. The standard InChI is InChI=1S/C33H36N4O4/c1-3-41-33(40)25-12-17-28-29(22-25)35-32(39)30(28)31(24-10-6-4-7-11-24)34-26-13-15-27(16-14-26)37(23(2)38)21-20-36-18-8-5-9-19-36/h4,6-7,10-17,22,34H,3,5,8-9,18-21H2,1-2H3,(H,35,39). The first-order chi connectivity index (χ1) is 19.9. The molecule has 2 heterocycles. The fourth-order valence-electron chi connectivity index (χ4n) is 5.41. The molecule has 2 aliphatic rings. The molecule has 0 spiro atoms. The van der Waals surface area contributed by atoms with Crippen molar-refractivity contribution in [3.05, 3.63) is 89.5 Å². The second-order valence-corrected chi connectivity index (χ2v) is 10.3. The van der Waals surface area contributed by atoms with Crippen LogP contribution in [0.2, 0.25) is 0 Å². The smallest absolute Gasteiger partial charge is 0.338 e. The lowest BCUT2D eigenvalue weighted by Crippen LogP contribution is -2.39. The van der Waals surface area contributed by atoms with Gasteiger partial charge in [0, 0.05) is 37.0 Å². The molecule has 0 bridgehead atoms. The molecule has 2 N–H and O–H groups in total. The zero-order valence-electron chi connectivity index (χ0n) is 23.6. The molecule has 0 saturated carbocycles. The monoisotopic (exact) mass is 552 g/mol. The van der Waals surface area contributed by atoms with E-state index in [4.69, 9.17) is 4.74 Å². The molecule has 2 amide bonds. The van der Waals surface area contributed by atoms with E-state index >= 15 is 0 Å². The molecule has 1 fully saturated rings. The Kier molecular flexibility index (Phi) is 8.79. The fourth-order valence-corrected chi connectivity index (χ4v) is 5.41. The molecule has 8 nitrogen and oxygen atoms in total. The van der Waals surface area contributed by atoms with Crippen LogP contribution >= 0.6 is 0 Å². The number of hydrogen-bond donors (Lipinski definition) is 2. The second-order valence-electron chi connectivity index (χ2n) is 10.3. The molecular weight excluding hydrogens is 516 g/mol. The number of amides is 2. The number of likely N-dealkylation sites (tertiary alicyclic amines) is 1. The van der Waals surface area contributed by atoms with Gasteiger partial charge in [0.2, 0.25) is 5.91 Å². The van der Waals surface area contributed by atoms with Crippen LogP contribution in [-0.2, 0) is 14.3 Å². The van der Waals surface area contributed by atoms with E-state index < -0.39 is 5.97 Å². The summed E-state index contributed by atoms with van der Waals surface area (Å²) >= 11 is 0. The van der Waals surface area contributed by atoms with E-state index in [2.05, 4.69) is 15.5 Å². The number of benzene rings is 3. The zero-order chi connectivity index (χ0) is 28.8. The van der Waals surface area contributed by atoms with Crippen LogP contribution in [0.5, 0.6) is 0 Å². The Bertz CT molecular complexity index is 1440. The molecule has 212 valence electrons. The maximum Gasteiger partial charge on any atom is 0.338 e. The number of piperidine rings is 1. The topological polar surface area (TPSA) is 91.0 Å². The molecule has 0 aromatic heterocycles. The van der Waals surface area contributed by atoms with Gasteiger partial charge in [-0.15, -0.1) is 0 Å². The van der Waals surface area contributed by atoms with Crippen LogP contribution in [0.3, 0.4) is 0 Å². The third-order valence-electron chi connectivity index (χ3n) is 7.50. The van der Waals surface area contributed by atoms with Crippen LogP contribution in [0, 0.1) is 0 Å². The number of nitrogens with one attached hydrogen (secondary N) is 2. The van der Waals surface area contributed by atoms with Crippen LogP contribution in [0.1, 0.15) is 54.6 Å². The molecular formula is C33H36N4O4. The maximum absolute atomic E-state index is 13.3. The number of ether oxygens (including phenoxy) is 1. The Morgan fingerprint density at radius 2 is 1.68 bits per heavy atom. The zero-order valence-corrected chi connectivity index (χ0v) is 23.6. The molecule has 8 heteroatoms. The first-order valence-electron chi connectivity index (χ1n) is 14.2. The number of anilines is 3. The van der Waals surface area contributed by atoms with Gasteiger partial charge < -0.3 is 25.2 Å². The van der Waals surface area contributed by atoms with Gasteiger partial charge in [-0.2, -0.15) is 0 Å². The first kappa shape index (κ1) is 28.1. The molecule has 41 heavy (non-hydrogen) atoms. The summed E-state index contributed by atoms with van der Waals surface area (Å²) in [4.78, 5) is 42.3. The number of rotatable bonds is 9. The number of fused-ring (bicyclic) bond motifs is 1. The summed E-state index contributed by atoms with van der Waals surface area (Å²) in [6, 6.07) is 22.5. The number of carbonyl (C=O) groups excluding carboxylic acids is 3. The predicted octanol–water partition coefficient (Wildman–Crippen LogP) is 5.63. The maximum atomic E-state index is 13.3. The Labute approximate surface area is 241 Å². The quantitative estimate of drug-likeness (QED) is 0.264. The van der Waals surface area contributed by atoms with Gasteiger partial charge in [-0.3, -0.25) is 9.59 Å². The number of hydrogen-bond acceptors (Lipinski definition) is 6. The van der Waals surface area contributed by atoms with Crippen molar-refractivity contribution in [2.24, 2.45) is 0 Å². The highest BCUT2D eigenvalue weighted by Gasteiger charge is 2.29. The Morgan fingerprint density at radius 1 is 0.951 bits per heavy atom. The predicted molar refractivity (Wildman–Crippen MR) is 163 cm³/mol. The largest absolute Gasteiger partial charge is 0.462 e. The molecule has 5 rings (SSSR count). The summed E-state index contributed by atoms with van der Waals surface area (Å²) in [5.41, 5.74) is 5.24. The SMILES string of the molecule is CCOC(=O)c1ccc2c(c1)NC(=O)C2=C(Nc1ccc(N(CCN2CCCCC2)C(C)=O)cc1)c1ccccc1. The van der Waals surface area contributed by atoms with Crippen molar-refractivity contribution in [1.29, 1.82) is 0 Å². The van der Waals surface area contributed by atoms with Crippen LogP contribution in [0.25, 0.3) is 11.3 Å². The molecule has 2 aliphatic heterocycles. The molecule has 3 aromatic carbocycles. The van der Waals surface area contributed by atoms with E-state index in [0.29, 0.717) is 34.6 Å². The summed E-state index contributed by atoms with van der Waals surface area (Å²) in [6.45, 7) is 7.31. The van der Waals surface area contributed by atoms with E-state index in [1.807, 2.05) is 59.5 Å². The lowest BCUT2D eigenvalue weighted by atomic mass is 9.99. The molecule has 0 atom stereocenters. The molecule has 3 aromatic rings. The van der Waals surface area contributed by atoms with Gasteiger partial charge in [0.25, 0.3) is 5.91 Å². The van der Waals surface area contributed by atoms with Gasteiger partial charge in [-0.05, 0) is 74.8 Å². The number of carbonyl (C=O) groups is 3. The highest BCUT2D eigenvalue weighted by molar-refractivity contribution is 6.37. The van der Waals surface area contributed by atoms with Gasteiger partial charge in [0.05, 0.1) is 29.1 Å². The summed E-state index contributed by atoms with van der Waals surface area (Å²) in [5, 5.41) is 6.37. The normalized spacial score (nSPS) is 16.0. The minimum absolute atomic E-state index is 0.0104. The van der Waals surface area contributed by atoms with Crippen LogP contribution in [0.4, 0.5) is 17.1 Å². The summed E-state index contributed by atoms with van der Waals surface area (Å²) in [7, 11) is 0. The van der Waals surface area contributed by atoms with E-state index in [1.54, 1.807) is 32.0 Å². The molecule has 0 unspecified atom stereocenters. The minimum Gasteiger partial charge on any atom is -0.462 e. The minimum atomic E-state index is -0.431. The van der Waals surface area contributed by atoms with Crippen LogP contribution in [0.15, 0.2) is 72.8 Å². The van der Waals surface area contributed by atoms with Crippen molar-refractivity contribution in [3.63, 3.8) is 0 Å². The third-order valence-corrected chi connectivity index (χ3v) is 7.50. The van der Waals surface area contributed by atoms with Crippen molar-refractivity contribution in [1.82, 2.24) is 4.90 Å². The second kappa shape index (κ2) is 12.8.